The predicted octanol–water partition coefficient (Wildman–Crippen LogP) is 2.99. The number of methoxy groups -OCH3 is 1. The van der Waals surface area contributed by atoms with E-state index < -0.39 is 0 Å². The van der Waals surface area contributed by atoms with E-state index >= 15 is 0 Å². The Morgan fingerprint density at radius 2 is 1.89 bits per heavy atom. The largest absolute Gasteiger partial charge is 0.497 e. The van der Waals surface area contributed by atoms with Gasteiger partial charge in [0.2, 0.25) is 0 Å². The van der Waals surface area contributed by atoms with Crippen LogP contribution in [0.5, 0.6) is 5.75 Å². The number of hydrogen-bond acceptors (Lipinski definition) is 3. The minimum atomic E-state index is -0.347. The third-order valence-electron chi connectivity index (χ3n) is 4.30. The van der Waals surface area contributed by atoms with Crippen LogP contribution in [0.3, 0.4) is 0 Å². The Labute approximate surface area is 117 Å². The molecule has 0 bridgehead atoms. The summed E-state index contributed by atoms with van der Waals surface area (Å²) in [5, 5.41) is 0. The van der Waals surface area contributed by atoms with Gasteiger partial charge in [0.25, 0.3) is 0 Å². The molecule has 1 aromatic rings. The Bertz CT molecular complexity index is 390. The van der Waals surface area contributed by atoms with Gasteiger partial charge in [-0.25, -0.2) is 0 Å². The lowest BCUT2D eigenvalue weighted by atomic mass is 9.81. The molecule has 0 radical (unpaired) electrons. The van der Waals surface area contributed by atoms with Gasteiger partial charge in [-0.1, -0.05) is 32.9 Å². The van der Waals surface area contributed by atoms with E-state index in [9.17, 15) is 0 Å². The van der Waals surface area contributed by atoms with Gasteiger partial charge in [-0.15, -0.1) is 0 Å². The van der Waals surface area contributed by atoms with Crippen LogP contribution in [-0.4, -0.2) is 31.1 Å². The molecule has 0 fully saturated rings. The zero-order chi connectivity index (χ0) is 14.5. The summed E-state index contributed by atoms with van der Waals surface area (Å²) in [5.41, 5.74) is 7.54. The maximum Gasteiger partial charge on any atom is 0.119 e. The monoisotopic (exact) mass is 264 g/mol. The first-order valence-electron chi connectivity index (χ1n) is 7.20. The zero-order valence-electron chi connectivity index (χ0n) is 12.9. The number of nitrogens with two attached hydrogens (primary N) is 1. The highest BCUT2D eigenvalue weighted by atomic mass is 16.5. The van der Waals surface area contributed by atoms with Crippen molar-refractivity contribution in [1.29, 1.82) is 0 Å². The molecule has 0 aliphatic carbocycles. The molecule has 3 nitrogen and oxygen atoms in total. The van der Waals surface area contributed by atoms with Gasteiger partial charge in [0.15, 0.2) is 0 Å². The smallest absolute Gasteiger partial charge is 0.119 e. The molecule has 0 amide bonds. The fraction of sp³-hybridized carbons (Fsp3) is 0.625. The van der Waals surface area contributed by atoms with Crippen molar-refractivity contribution in [3.63, 3.8) is 0 Å². The molecule has 108 valence electrons. The minimum Gasteiger partial charge on any atom is -0.497 e. The molecule has 19 heavy (non-hydrogen) atoms. The van der Waals surface area contributed by atoms with Crippen molar-refractivity contribution in [3.05, 3.63) is 29.8 Å². The fourth-order valence-electron chi connectivity index (χ4n) is 2.75. The lowest BCUT2D eigenvalue weighted by Gasteiger charge is -2.41. The molecule has 3 heteroatoms. The van der Waals surface area contributed by atoms with Gasteiger partial charge in [-0.3, -0.25) is 4.90 Å². The molecular weight excluding hydrogens is 236 g/mol. The standard InChI is InChI=1S/C16H28N2O/c1-6-16(17,13(4)18(7-2)8-3)14-10-9-11-15(12-14)19-5/h9-13H,6-8,17H2,1-5H3. The summed E-state index contributed by atoms with van der Waals surface area (Å²) in [7, 11) is 1.69. The maximum absolute atomic E-state index is 6.74. The average molecular weight is 264 g/mol. The van der Waals surface area contributed by atoms with E-state index in [1.54, 1.807) is 7.11 Å². The Hall–Kier alpha value is -1.06. The molecule has 0 saturated heterocycles. The maximum atomic E-state index is 6.74. The van der Waals surface area contributed by atoms with Crippen LogP contribution >= 0.6 is 0 Å². The number of benzene rings is 1. The van der Waals surface area contributed by atoms with Crippen molar-refractivity contribution >= 4 is 0 Å². The second kappa shape index (κ2) is 6.92. The lowest BCUT2D eigenvalue weighted by Crippen LogP contribution is -2.54. The van der Waals surface area contributed by atoms with E-state index in [0.29, 0.717) is 6.04 Å². The summed E-state index contributed by atoms with van der Waals surface area (Å²) >= 11 is 0. The van der Waals surface area contributed by atoms with Crippen LogP contribution in [-0.2, 0) is 5.54 Å². The summed E-state index contributed by atoms with van der Waals surface area (Å²) in [6.07, 6.45) is 0.901. The van der Waals surface area contributed by atoms with Crippen molar-refractivity contribution in [3.8, 4) is 5.75 Å². The van der Waals surface area contributed by atoms with E-state index in [1.165, 1.54) is 0 Å². The van der Waals surface area contributed by atoms with Crippen LogP contribution in [0.4, 0.5) is 0 Å². The number of hydrogen-bond donors (Lipinski definition) is 1. The summed E-state index contributed by atoms with van der Waals surface area (Å²) in [5.74, 6) is 0.868. The molecule has 2 atom stereocenters. The third-order valence-corrected chi connectivity index (χ3v) is 4.30. The van der Waals surface area contributed by atoms with Crippen LogP contribution in [0.15, 0.2) is 24.3 Å². The van der Waals surface area contributed by atoms with Gasteiger partial charge in [-0.2, -0.15) is 0 Å². The molecule has 0 heterocycles. The van der Waals surface area contributed by atoms with Crippen LogP contribution in [0.2, 0.25) is 0 Å². The third kappa shape index (κ3) is 3.28. The summed E-state index contributed by atoms with van der Waals surface area (Å²) in [4.78, 5) is 2.41. The molecule has 2 unspecified atom stereocenters. The van der Waals surface area contributed by atoms with E-state index in [1.807, 2.05) is 12.1 Å². The van der Waals surface area contributed by atoms with Crippen LogP contribution < -0.4 is 10.5 Å². The number of likely N-dealkylation sites (N-methyl/N-ethyl adjacent to an activating group) is 1. The quantitative estimate of drug-likeness (QED) is 0.823. The number of nitrogens with zero attached hydrogens (tertiary/aromatic N) is 1. The molecule has 0 saturated carbocycles. The average Bonchev–Trinajstić information content (AvgIpc) is 2.47. The van der Waals surface area contributed by atoms with Crippen molar-refractivity contribution in [1.82, 2.24) is 4.90 Å². The molecule has 0 aliphatic heterocycles. The highest BCUT2D eigenvalue weighted by Gasteiger charge is 2.35. The summed E-state index contributed by atoms with van der Waals surface area (Å²) in [6, 6.07) is 8.43. The van der Waals surface area contributed by atoms with Crippen LogP contribution in [0.1, 0.15) is 39.7 Å². The number of ether oxygens (including phenoxy) is 1. The Balaban J connectivity index is 3.14. The molecule has 0 aliphatic rings. The highest BCUT2D eigenvalue weighted by Crippen LogP contribution is 2.31. The van der Waals surface area contributed by atoms with E-state index in [0.717, 1.165) is 30.8 Å². The van der Waals surface area contributed by atoms with Crippen LogP contribution in [0, 0.1) is 0 Å². The van der Waals surface area contributed by atoms with Crippen molar-refractivity contribution in [2.24, 2.45) is 5.73 Å². The fourth-order valence-corrected chi connectivity index (χ4v) is 2.75. The SMILES string of the molecule is CCN(CC)C(C)C(N)(CC)c1cccc(OC)c1. The summed E-state index contributed by atoms with van der Waals surface area (Å²) < 4.78 is 5.32. The molecular formula is C16H28N2O. The Kier molecular flexibility index (Phi) is 5.83. The first-order chi connectivity index (χ1) is 9.03. The van der Waals surface area contributed by atoms with E-state index in [2.05, 4.69) is 44.7 Å². The lowest BCUT2D eigenvalue weighted by molar-refractivity contribution is 0.139. The summed E-state index contributed by atoms with van der Waals surface area (Å²) in [6.45, 7) is 10.8. The van der Waals surface area contributed by atoms with Crippen molar-refractivity contribution in [2.45, 2.75) is 45.7 Å². The van der Waals surface area contributed by atoms with Gasteiger partial charge in [0, 0.05) is 6.04 Å². The molecule has 1 rings (SSSR count). The first-order valence-corrected chi connectivity index (χ1v) is 7.20. The second-order valence-corrected chi connectivity index (χ2v) is 5.02. The minimum absolute atomic E-state index is 0.291. The van der Waals surface area contributed by atoms with Gasteiger partial charge in [0.1, 0.15) is 5.75 Å². The van der Waals surface area contributed by atoms with Gasteiger partial charge >= 0.3 is 0 Å². The second-order valence-electron chi connectivity index (χ2n) is 5.02. The van der Waals surface area contributed by atoms with E-state index in [-0.39, 0.29) is 5.54 Å². The van der Waals surface area contributed by atoms with Crippen molar-refractivity contribution < 1.29 is 4.74 Å². The number of rotatable bonds is 7. The Morgan fingerprint density at radius 3 is 2.37 bits per heavy atom. The zero-order valence-corrected chi connectivity index (χ0v) is 12.9. The van der Waals surface area contributed by atoms with Gasteiger partial charge in [-0.05, 0) is 44.1 Å². The normalized spacial score (nSPS) is 16.2. The first kappa shape index (κ1) is 16.0. The molecule has 0 spiro atoms. The topological polar surface area (TPSA) is 38.5 Å². The molecule has 1 aromatic carbocycles. The Morgan fingerprint density at radius 1 is 1.26 bits per heavy atom. The predicted molar refractivity (Wildman–Crippen MR) is 81.5 cm³/mol. The molecule has 2 N–H and O–H groups in total. The van der Waals surface area contributed by atoms with Gasteiger partial charge in [0.05, 0.1) is 12.6 Å². The van der Waals surface area contributed by atoms with Gasteiger partial charge < -0.3 is 10.5 Å². The van der Waals surface area contributed by atoms with Crippen LogP contribution in [0.25, 0.3) is 0 Å². The van der Waals surface area contributed by atoms with E-state index in [4.69, 9.17) is 10.5 Å². The molecule has 0 aromatic heterocycles. The highest BCUT2D eigenvalue weighted by molar-refractivity contribution is 5.34. The van der Waals surface area contributed by atoms with Crippen molar-refractivity contribution in [2.75, 3.05) is 20.2 Å².